The first-order chi connectivity index (χ1) is 5.75. The lowest BCUT2D eigenvalue weighted by molar-refractivity contribution is 0.469. The fourth-order valence-corrected chi connectivity index (χ4v) is 1.27. The summed E-state index contributed by atoms with van der Waals surface area (Å²) in [6, 6.07) is 3.99. The van der Waals surface area contributed by atoms with Crippen LogP contribution in [-0.4, -0.2) is 16.1 Å². The number of nitrogens with zero attached hydrogens (tertiary/aromatic N) is 1. The maximum atomic E-state index is 9.16. The van der Waals surface area contributed by atoms with Crippen LogP contribution in [0.25, 0.3) is 0 Å². The first-order valence-electron chi connectivity index (χ1n) is 3.88. The first-order valence-corrected chi connectivity index (χ1v) is 4.67. The Hall–Kier alpha value is -0.770. The van der Waals surface area contributed by atoms with Gasteiger partial charge in [-0.05, 0) is 40.9 Å². The number of aromatic hydroxyl groups is 1. The Labute approximate surface area is 79.0 Å². The molecule has 0 saturated heterocycles. The van der Waals surface area contributed by atoms with Crippen LogP contribution in [0, 0.1) is 0 Å². The third-order valence-electron chi connectivity index (χ3n) is 1.76. The van der Waals surface area contributed by atoms with Gasteiger partial charge in [-0.2, -0.15) is 0 Å². The summed E-state index contributed by atoms with van der Waals surface area (Å²) in [5.41, 5.74) is 0. The molecule has 1 aromatic rings. The van der Waals surface area contributed by atoms with E-state index in [1.807, 2.05) is 0 Å². The SMILES string of the molecule is Oc1ccc(NC2CC2)nc1Br. The summed E-state index contributed by atoms with van der Waals surface area (Å²) in [6.45, 7) is 0. The third-order valence-corrected chi connectivity index (χ3v) is 2.34. The Bertz CT molecular complexity index is 299. The molecule has 1 aliphatic carbocycles. The minimum Gasteiger partial charge on any atom is -0.505 e. The lowest BCUT2D eigenvalue weighted by Gasteiger charge is -2.03. The van der Waals surface area contributed by atoms with Crippen molar-refractivity contribution in [2.45, 2.75) is 18.9 Å². The average Bonchev–Trinajstić information content (AvgIpc) is 2.81. The number of hydrogen-bond acceptors (Lipinski definition) is 3. The van der Waals surface area contributed by atoms with Gasteiger partial charge in [0.25, 0.3) is 0 Å². The van der Waals surface area contributed by atoms with Crippen molar-refractivity contribution in [3.05, 3.63) is 16.7 Å². The average molecular weight is 229 g/mol. The fourth-order valence-electron chi connectivity index (χ4n) is 0.944. The predicted octanol–water partition coefficient (Wildman–Crippen LogP) is 2.12. The quantitative estimate of drug-likeness (QED) is 0.763. The molecule has 1 fully saturated rings. The summed E-state index contributed by atoms with van der Waals surface area (Å²) in [6.07, 6.45) is 2.44. The number of rotatable bonds is 2. The second-order valence-corrected chi connectivity index (χ2v) is 3.68. The van der Waals surface area contributed by atoms with Gasteiger partial charge in [0.15, 0.2) is 0 Å². The standard InChI is InChI=1S/C8H9BrN2O/c9-8-6(12)3-4-7(11-8)10-5-1-2-5/h3-5,12H,1-2H2,(H,10,11). The maximum absolute atomic E-state index is 9.16. The summed E-state index contributed by atoms with van der Waals surface area (Å²) in [5, 5.41) is 12.4. The van der Waals surface area contributed by atoms with E-state index in [2.05, 4.69) is 26.2 Å². The van der Waals surface area contributed by atoms with Gasteiger partial charge >= 0.3 is 0 Å². The fraction of sp³-hybridized carbons (Fsp3) is 0.375. The molecule has 2 N–H and O–H groups in total. The van der Waals surface area contributed by atoms with Crippen LogP contribution in [0.15, 0.2) is 16.7 Å². The lowest BCUT2D eigenvalue weighted by Crippen LogP contribution is -2.02. The predicted molar refractivity (Wildman–Crippen MR) is 50.2 cm³/mol. The molecule has 0 aliphatic heterocycles. The van der Waals surface area contributed by atoms with Crippen LogP contribution in [0.5, 0.6) is 5.75 Å². The molecular weight excluding hydrogens is 220 g/mol. The number of halogens is 1. The van der Waals surface area contributed by atoms with E-state index in [1.54, 1.807) is 12.1 Å². The van der Waals surface area contributed by atoms with Crippen molar-refractivity contribution in [3.8, 4) is 5.75 Å². The molecule has 64 valence electrons. The van der Waals surface area contributed by atoms with Gasteiger partial charge in [-0.3, -0.25) is 0 Å². The van der Waals surface area contributed by atoms with Crippen LogP contribution in [0.4, 0.5) is 5.82 Å². The van der Waals surface area contributed by atoms with E-state index in [0.717, 1.165) is 5.82 Å². The van der Waals surface area contributed by atoms with Crippen LogP contribution >= 0.6 is 15.9 Å². The number of pyridine rings is 1. The van der Waals surface area contributed by atoms with Gasteiger partial charge in [0.2, 0.25) is 0 Å². The highest BCUT2D eigenvalue weighted by atomic mass is 79.9. The van der Waals surface area contributed by atoms with E-state index >= 15 is 0 Å². The van der Waals surface area contributed by atoms with Crippen LogP contribution in [0.2, 0.25) is 0 Å². The monoisotopic (exact) mass is 228 g/mol. The molecule has 0 spiro atoms. The molecule has 1 saturated carbocycles. The number of anilines is 1. The van der Waals surface area contributed by atoms with Gasteiger partial charge in [-0.15, -0.1) is 0 Å². The first kappa shape index (κ1) is 7.86. The second kappa shape index (κ2) is 2.94. The van der Waals surface area contributed by atoms with Gasteiger partial charge in [-0.25, -0.2) is 4.98 Å². The Morgan fingerprint density at radius 2 is 2.25 bits per heavy atom. The van der Waals surface area contributed by atoms with Crippen molar-refractivity contribution in [2.75, 3.05) is 5.32 Å². The van der Waals surface area contributed by atoms with Crippen LogP contribution < -0.4 is 5.32 Å². The number of nitrogens with one attached hydrogen (secondary N) is 1. The number of hydrogen-bond donors (Lipinski definition) is 2. The lowest BCUT2D eigenvalue weighted by atomic mass is 10.4. The molecule has 0 radical (unpaired) electrons. The van der Waals surface area contributed by atoms with E-state index in [-0.39, 0.29) is 5.75 Å². The van der Waals surface area contributed by atoms with Gasteiger partial charge in [-0.1, -0.05) is 0 Å². The summed E-state index contributed by atoms with van der Waals surface area (Å²) < 4.78 is 0.494. The zero-order chi connectivity index (χ0) is 8.55. The zero-order valence-electron chi connectivity index (χ0n) is 6.42. The van der Waals surface area contributed by atoms with Gasteiger partial charge in [0.1, 0.15) is 16.2 Å². The minimum absolute atomic E-state index is 0.177. The van der Waals surface area contributed by atoms with Crippen molar-refractivity contribution in [2.24, 2.45) is 0 Å². The van der Waals surface area contributed by atoms with E-state index < -0.39 is 0 Å². The summed E-state index contributed by atoms with van der Waals surface area (Å²) >= 11 is 3.16. The van der Waals surface area contributed by atoms with Crippen molar-refractivity contribution in [1.29, 1.82) is 0 Å². The molecule has 1 aromatic heterocycles. The van der Waals surface area contributed by atoms with Crippen molar-refractivity contribution in [1.82, 2.24) is 4.98 Å². The van der Waals surface area contributed by atoms with Crippen LogP contribution in [-0.2, 0) is 0 Å². The normalized spacial score (nSPS) is 16.1. The second-order valence-electron chi connectivity index (χ2n) is 2.93. The molecule has 0 amide bonds. The Kier molecular flexibility index (Phi) is 1.92. The molecular formula is C8H9BrN2O. The smallest absolute Gasteiger partial charge is 0.150 e. The summed E-state index contributed by atoms with van der Waals surface area (Å²) in [5.74, 6) is 0.999. The molecule has 1 heterocycles. The molecule has 0 bridgehead atoms. The minimum atomic E-state index is 0.177. The topological polar surface area (TPSA) is 45.1 Å². The molecule has 2 rings (SSSR count). The molecule has 0 aromatic carbocycles. The van der Waals surface area contributed by atoms with Gasteiger partial charge < -0.3 is 10.4 Å². The van der Waals surface area contributed by atoms with Gasteiger partial charge in [0, 0.05) is 6.04 Å². The Balaban J connectivity index is 2.15. The van der Waals surface area contributed by atoms with E-state index in [9.17, 15) is 0 Å². The molecule has 12 heavy (non-hydrogen) atoms. The third kappa shape index (κ3) is 1.69. The zero-order valence-corrected chi connectivity index (χ0v) is 8.00. The maximum Gasteiger partial charge on any atom is 0.150 e. The molecule has 3 nitrogen and oxygen atoms in total. The highest BCUT2D eigenvalue weighted by Crippen LogP contribution is 2.27. The largest absolute Gasteiger partial charge is 0.505 e. The van der Waals surface area contributed by atoms with Crippen LogP contribution in [0.1, 0.15) is 12.8 Å². The highest BCUT2D eigenvalue weighted by molar-refractivity contribution is 9.10. The highest BCUT2D eigenvalue weighted by Gasteiger charge is 2.21. The molecule has 1 aliphatic rings. The van der Waals surface area contributed by atoms with Crippen molar-refractivity contribution in [3.63, 3.8) is 0 Å². The molecule has 0 atom stereocenters. The van der Waals surface area contributed by atoms with Gasteiger partial charge in [0.05, 0.1) is 0 Å². The van der Waals surface area contributed by atoms with Crippen LogP contribution in [0.3, 0.4) is 0 Å². The number of aromatic nitrogens is 1. The van der Waals surface area contributed by atoms with Crippen molar-refractivity contribution >= 4 is 21.7 Å². The molecule has 4 heteroatoms. The Morgan fingerprint density at radius 1 is 1.50 bits per heavy atom. The Morgan fingerprint density at radius 3 is 2.83 bits per heavy atom. The van der Waals surface area contributed by atoms with E-state index in [1.165, 1.54) is 12.8 Å². The summed E-state index contributed by atoms with van der Waals surface area (Å²) in [4.78, 5) is 4.11. The molecule has 0 unspecified atom stereocenters. The summed E-state index contributed by atoms with van der Waals surface area (Å²) in [7, 11) is 0. The van der Waals surface area contributed by atoms with Crippen molar-refractivity contribution < 1.29 is 5.11 Å². The van der Waals surface area contributed by atoms with E-state index in [4.69, 9.17) is 5.11 Å². The van der Waals surface area contributed by atoms with E-state index in [0.29, 0.717) is 10.6 Å².